The zero-order valence-electron chi connectivity index (χ0n) is 17.1. The second-order valence-corrected chi connectivity index (χ2v) is 7.75. The Hall–Kier alpha value is -3.65. The lowest BCUT2D eigenvalue weighted by Crippen LogP contribution is -2.33. The van der Waals surface area contributed by atoms with Crippen LogP contribution in [-0.4, -0.2) is 38.0 Å². The van der Waals surface area contributed by atoms with Crippen molar-refractivity contribution in [3.8, 4) is 6.07 Å². The summed E-state index contributed by atoms with van der Waals surface area (Å²) in [4.78, 5) is 24.6. The number of halogens is 2. The molecule has 1 fully saturated rings. The highest BCUT2D eigenvalue weighted by atomic mass is 19.3. The number of aromatic nitrogens is 4. The highest BCUT2D eigenvalue weighted by Crippen LogP contribution is 2.25. The molecule has 9 nitrogen and oxygen atoms in total. The van der Waals surface area contributed by atoms with E-state index in [9.17, 15) is 18.8 Å². The molecule has 11 heteroatoms. The summed E-state index contributed by atoms with van der Waals surface area (Å²) in [5.74, 6) is 0.209. The lowest BCUT2D eigenvalue weighted by Gasteiger charge is -2.27. The minimum Gasteiger partial charge on any atom is -0.380 e. The maximum absolute atomic E-state index is 12.8. The molecule has 1 aliphatic carbocycles. The Morgan fingerprint density at radius 1 is 1.22 bits per heavy atom. The van der Waals surface area contributed by atoms with Gasteiger partial charge in [0.15, 0.2) is 5.69 Å². The summed E-state index contributed by atoms with van der Waals surface area (Å²) >= 11 is 0. The number of nitrogens with two attached hydrogens (primary N) is 1. The number of anilines is 3. The molecule has 4 N–H and O–H groups in total. The number of nitriles is 1. The molecule has 1 aliphatic rings. The molecule has 3 aromatic heterocycles. The average Bonchev–Trinajstić information content (AvgIpc) is 2.77. The summed E-state index contributed by atoms with van der Waals surface area (Å²) < 4.78 is 26.6. The van der Waals surface area contributed by atoms with Gasteiger partial charge in [-0.25, -0.2) is 23.7 Å². The van der Waals surface area contributed by atoms with Crippen LogP contribution in [0, 0.1) is 11.3 Å². The number of rotatable bonds is 6. The summed E-state index contributed by atoms with van der Waals surface area (Å²) in [5, 5.41) is 15.8. The molecule has 0 aliphatic heterocycles. The largest absolute Gasteiger partial charge is 0.380 e. The fraction of sp³-hybridized carbons (Fsp3) is 0.381. The number of fused-ring (bicyclic) bond motifs is 1. The summed E-state index contributed by atoms with van der Waals surface area (Å²) in [6.07, 6.45) is 3.82. The van der Waals surface area contributed by atoms with E-state index < -0.39 is 18.5 Å². The van der Waals surface area contributed by atoms with Crippen molar-refractivity contribution in [2.45, 2.75) is 50.7 Å². The quantitative estimate of drug-likeness (QED) is 0.533. The molecular weight excluding hydrogens is 418 g/mol. The monoisotopic (exact) mass is 440 g/mol. The van der Waals surface area contributed by atoms with Crippen molar-refractivity contribution < 1.29 is 8.78 Å². The minimum absolute atomic E-state index is 0.209. The molecule has 0 spiro atoms. The summed E-state index contributed by atoms with van der Waals surface area (Å²) in [5.41, 5.74) is 7.43. The van der Waals surface area contributed by atoms with E-state index in [1.54, 1.807) is 6.07 Å². The Balaban J connectivity index is 1.57. The topological polar surface area (TPSA) is 135 Å². The lowest BCUT2D eigenvalue weighted by atomic mass is 9.91. The Bertz CT molecular complexity index is 1210. The summed E-state index contributed by atoms with van der Waals surface area (Å²) in [7, 11) is 0. The van der Waals surface area contributed by atoms with Crippen LogP contribution in [0.2, 0.25) is 0 Å². The Kier molecular flexibility index (Phi) is 6.23. The number of pyridine rings is 2. The molecular formula is C21H22F2N8O. The molecule has 0 unspecified atom stereocenters. The van der Waals surface area contributed by atoms with Gasteiger partial charge in [0.05, 0.1) is 41.3 Å². The fourth-order valence-electron chi connectivity index (χ4n) is 3.81. The van der Waals surface area contributed by atoms with E-state index in [1.165, 1.54) is 24.5 Å². The van der Waals surface area contributed by atoms with Crippen molar-refractivity contribution in [1.82, 2.24) is 19.5 Å². The fourth-order valence-corrected chi connectivity index (χ4v) is 3.81. The number of nitrogens with zero attached hydrogens (tertiary/aromatic N) is 5. The van der Waals surface area contributed by atoms with Gasteiger partial charge in [0.1, 0.15) is 6.07 Å². The molecule has 166 valence electrons. The molecule has 0 saturated heterocycles. The van der Waals surface area contributed by atoms with E-state index in [4.69, 9.17) is 5.73 Å². The molecule has 4 rings (SSSR count). The third-order valence-electron chi connectivity index (χ3n) is 5.44. The van der Waals surface area contributed by atoms with Crippen LogP contribution in [0.25, 0.3) is 11.0 Å². The Morgan fingerprint density at radius 2 is 2.00 bits per heavy atom. The SMILES string of the molecule is N#Cc1ncc(Nc2ncc3c(ccc(=O)n3CC(F)F)n2)cc1NC1CCC(N)CC1. The predicted octanol–water partition coefficient (Wildman–Crippen LogP) is 2.75. The zero-order valence-corrected chi connectivity index (χ0v) is 17.1. The first-order valence-electron chi connectivity index (χ1n) is 10.3. The molecule has 32 heavy (non-hydrogen) atoms. The van der Waals surface area contributed by atoms with E-state index in [0.29, 0.717) is 16.9 Å². The molecule has 1 saturated carbocycles. The molecule has 0 aromatic carbocycles. The summed E-state index contributed by atoms with van der Waals surface area (Å²) in [6, 6.07) is 6.93. The molecule has 0 atom stereocenters. The van der Waals surface area contributed by atoms with Crippen molar-refractivity contribution >= 4 is 28.4 Å². The highest BCUT2D eigenvalue weighted by Gasteiger charge is 2.20. The highest BCUT2D eigenvalue weighted by molar-refractivity contribution is 5.75. The van der Waals surface area contributed by atoms with E-state index in [0.717, 1.165) is 30.3 Å². The Labute approximate surface area is 182 Å². The molecule has 3 heterocycles. The Morgan fingerprint density at radius 3 is 2.72 bits per heavy atom. The van der Waals surface area contributed by atoms with Crippen molar-refractivity contribution in [3.05, 3.63) is 46.6 Å². The maximum Gasteiger partial charge on any atom is 0.256 e. The van der Waals surface area contributed by atoms with Gasteiger partial charge in [0.25, 0.3) is 12.0 Å². The van der Waals surface area contributed by atoms with Crippen molar-refractivity contribution in [2.75, 3.05) is 10.6 Å². The standard InChI is InChI=1S/C21H22F2N8O/c22-19(23)11-31-18-10-27-21(30-15(18)5-6-20(31)32)29-14-7-16(17(8-24)26-9-14)28-13-3-1-12(25)2-4-13/h5-7,9-10,12-13,19,28H,1-4,11,25H2,(H,27,29,30). The molecule has 0 radical (unpaired) electrons. The second-order valence-electron chi connectivity index (χ2n) is 7.75. The van der Waals surface area contributed by atoms with Crippen LogP contribution in [0.5, 0.6) is 0 Å². The zero-order chi connectivity index (χ0) is 22.7. The maximum atomic E-state index is 12.8. The third-order valence-corrected chi connectivity index (χ3v) is 5.44. The van der Waals surface area contributed by atoms with E-state index in [-0.39, 0.29) is 29.2 Å². The van der Waals surface area contributed by atoms with Gasteiger partial charge < -0.3 is 16.4 Å². The first-order chi connectivity index (χ1) is 15.4. The van der Waals surface area contributed by atoms with Crippen LogP contribution in [0.15, 0.2) is 35.4 Å². The predicted molar refractivity (Wildman–Crippen MR) is 116 cm³/mol. The van der Waals surface area contributed by atoms with Gasteiger partial charge in [-0.05, 0) is 37.8 Å². The van der Waals surface area contributed by atoms with E-state index >= 15 is 0 Å². The number of nitrogens with one attached hydrogen (secondary N) is 2. The normalized spacial score (nSPS) is 18.5. The lowest BCUT2D eigenvalue weighted by molar-refractivity contribution is 0.127. The smallest absolute Gasteiger partial charge is 0.256 e. The van der Waals surface area contributed by atoms with Crippen molar-refractivity contribution in [3.63, 3.8) is 0 Å². The second kappa shape index (κ2) is 9.23. The first kappa shape index (κ1) is 21.6. The minimum atomic E-state index is -2.67. The van der Waals surface area contributed by atoms with Gasteiger partial charge >= 0.3 is 0 Å². The number of hydrogen-bond acceptors (Lipinski definition) is 8. The van der Waals surface area contributed by atoms with Crippen molar-refractivity contribution in [1.29, 1.82) is 5.26 Å². The molecule has 0 bridgehead atoms. The number of hydrogen-bond donors (Lipinski definition) is 3. The summed E-state index contributed by atoms with van der Waals surface area (Å²) in [6.45, 7) is -0.729. The van der Waals surface area contributed by atoms with Crippen LogP contribution >= 0.6 is 0 Å². The van der Waals surface area contributed by atoms with Gasteiger partial charge in [0.2, 0.25) is 5.95 Å². The number of alkyl halides is 2. The van der Waals surface area contributed by atoms with Crippen molar-refractivity contribution in [2.24, 2.45) is 5.73 Å². The van der Waals surface area contributed by atoms with Crippen LogP contribution in [0.1, 0.15) is 31.4 Å². The third kappa shape index (κ3) is 4.81. The first-order valence-corrected chi connectivity index (χ1v) is 10.3. The van der Waals surface area contributed by atoms with Gasteiger partial charge in [-0.15, -0.1) is 0 Å². The average molecular weight is 440 g/mol. The molecule has 3 aromatic rings. The van der Waals surface area contributed by atoms with Crippen LogP contribution in [-0.2, 0) is 6.54 Å². The van der Waals surface area contributed by atoms with Gasteiger partial charge in [0, 0.05) is 18.2 Å². The van der Waals surface area contributed by atoms with E-state index in [1.807, 2.05) is 0 Å². The molecule has 0 amide bonds. The van der Waals surface area contributed by atoms with Crippen LogP contribution in [0.4, 0.5) is 26.1 Å². The van der Waals surface area contributed by atoms with E-state index in [2.05, 4.69) is 31.7 Å². The van der Waals surface area contributed by atoms with Crippen LogP contribution < -0.4 is 21.9 Å². The van der Waals surface area contributed by atoms with Gasteiger partial charge in [-0.2, -0.15) is 5.26 Å². The van der Waals surface area contributed by atoms with Crippen LogP contribution in [0.3, 0.4) is 0 Å². The van der Waals surface area contributed by atoms with Gasteiger partial charge in [-0.3, -0.25) is 9.36 Å². The van der Waals surface area contributed by atoms with Gasteiger partial charge in [-0.1, -0.05) is 0 Å².